The average Bonchev–Trinajstić information content (AvgIpc) is 2.54. The van der Waals surface area contributed by atoms with Crippen LogP contribution in [0.4, 0.5) is 0 Å². The maximum absolute atomic E-state index is 9.69. The Bertz CT molecular complexity index is 588. The summed E-state index contributed by atoms with van der Waals surface area (Å²) in [6.45, 7) is 3.77. The molecule has 2 aromatic carbocycles. The van der Waals surface area contributed by atoms with E-state index < -0.39 is 5.60 Å². The van der Waals surface area contributed by atoms with Gasteiger partial charge in [0.1, 0.15) is 0 Å². The summed E-state index contributed by atoms with van der Waals surface area (Å²) >= 11 is 0. The fourth-order valence-electron chi connectivity index (χ4n) is 2.62. The van der Waals surface area contributed by atoms with Crippen molar-refractivity contribution in [3.8, 4) is 0 Å². The molecule has 2 aromatic rings. The van der Waals surface area contributed by atoms with E-state index in [1.54, 1.807) is 0 Å². The molecule has 122 valence electrons. The highest BCUT2D eigenvalue weighted by molar-refractivity contribution is 5.69. The van der Waals surface area contributed by atoms with Crippen molar-refractivity contribution in [3.05, 3.63) is 71.3 Å². The summed E-state index contributed by atoms with van der Waals surface area (Å²) in [6.07, 6.45) is 9.77. The number of aliphatic hydroxyl groups is 1. The zero-order valence-corrected chi connectivity index (χ0v) is 14.3. The standard InChI is InChI=1S/C22H28O/c1-22(2,23)18-8-4-7-11-20-13-16-21(17-14-20)15-12-19-9-5-3-6-10-19/h3,5-6,9-10,12-17,23H,4,7-8,11,18H2,1-2H3. The molecule has 0 aromatic heterocycles. The zero-order chi connectivity index (χ0) is 16.5. The van der Waals surface area contributed by atoms with Crippen molar-refractivity contribution >= 4 is 12.2 Å². The molecule has 0 saturated carbocycles. The van der Waals surface area contributed by atoms with Crippen LogP contribution in [0.3, 0.4) is 0 Å². The van der Waals surface area contributed by atoms with Gasteiger partial charge in [-0.05, 0) is 49.8 Å². The summed E-state index contributed by atoms with van der Waals surface area (Å²) in [6, 6.07) is 19.2. The first-order valence-electron chi connectivity index (χ1n) is 8.57. The van der Waals surface area contributed by atoms with Crippen molar-refractivity contribution in [1.82, 2.24) is 0 Å². The first-order chi connectivity index (χ1) is 11.0. The van der Waals surface area contributed by atoms with Crippen LogP contribution >= 0.6 is 0 Å². The lowest BCUT2D eigenvalue weighted by Gasteiger charge is -2.16. The molecular formula is C22H28O. The Morgan fingerprint density at radius 1 is 0.783 bits per heavy atom. The van der Waals surface area contributed by atoms with Gasteiger partial charge in [-0.1, -0.05) is 79.6 Å². The minimum absolute atomic E-state index is 0.521. The molecule has 1 N–H and O–H groups in total. The Morgan fingerprint density at radius 3 is 2.00 bits per heavy atom. The summed E-state index contributed by atoms with van der Waals surface area (Å²) in [7, 11) is 0. The van der Waals surface area contributed by atoms with E-state index in [4.69, 9.17) is 0 Å². The van der Waals surface area contributed by atoms with Crippen molar-refractivity contribution in [2.75, 3.05) is 0 Å². The molecule has 0 aliphatic heterocycles. The number of rotatable bonds is 8. The van der Waals surface area contributed by atoms with Gasteiger partial charge in [0, 0.05) is 0 Å². The molecule has 0 radical (unpaired) electrons. The molecule has 0 atom stereocenters. The molecule has 0 fully saturated rings. The van der Waals surface area contributed by atoms with E-state index in [9.17, 15) is 5.11 Å². The number of hydrogen-bond donors (Lipinski definition) is 1. The van der Waals surface area contributed by atoms with Crippen molar-refractivity contribution in [2.24, 2.45) is 0 Å². The van der Waals surface area contributed by atoms with E-state index in [0.29, 0.717) is 0 Å². The second kappa shape index (κ2) is 8.69. The van der Waals surface area contributed by atoms with Crippen molar-refractivity contribution in [3.63, 3.8) is 0 Å². The molecule has 0 saturated heterocycles. The van der Waals surface area contributed by atoms with Crippen molar-refractivity contribution < 1.29 is 5.11 Å². The highest BCUT2D eigenvalue weighted by Crippen LogP contribution is 2.15. The van der Waals surface area contributed by atoms with Crippen LogP contribution in [0.5, 0.6) is 0 Å². The van der Waals surface area contributed by atoms with Gasteiger partial charge in [0.15, 0.2) is 0 Å². The summed E-state index contributed by atoms with van der Waals surface area (Å²) < 4.78 is 0. The van der Waals surface area contributed by atoms with E-state index in [0.717, 1.165) is 19.3 Å². The Balaban J connectivity index is 1.75. The lowest BCUT2D eigenvalue weighted by atomic mass is 9.99. The minimum Gasteiger partial charge on any atom is -0.390 e. The second-order valence-electron chi connectivity index (χ2n) is 6.86. The highest BCUT2D eigenvalue weighted by atomic mass is 16.3. The lowest BCUT2D eigenvalue weighted by molar-refractivity contribution is 0.0681. The van der Waals surface area contributed by atoms with Gasteiger partial charge >= 0.3 is 0 Å². The zero-order valence-electron chi connectivity index (χ0n) is 14.3. The van der Waals surface area contributed by atoms with Gasteiger partial charge in [0.05, 0.1) is 5.60 Å². The summed E-state index contributed by atoms with van der Waals surface area (Å²) in [5.74, 6) is 0. The third-order valence-electron chi connectivity index (χ3n) is 4.00. The van der Waals surface area contributed by atoms with Gasteiger partial charge in [-0.25, -0.2) is 0 Å². The number of hydrogen-bond acceptors (Lipinski definition) is 1. The molecule has 1 heteroatoms. The third-order valence-corrected chi connectivity index (χ3v) is 4.00. The molecule has 2 rings (SSSR count). The van der Waals surface area contributed by atoms with Crippen LogP contribution in [0.25, 0.3) is 12.2 Å². The van der Waals surface area contributed by atoms with Gasteiger partial charge in [-0.3, -0.25) is 0 Å². The molecule has 0 heterocycles. The molecule has 0 amide bonds. The second-order valence-corrected chi connectivity index (χ2v) is 6.86. The van der Waals surface area contributed by atoms with Crippen molar-refractivity contribution in [1.29, 1.82) is 0 Å². The van der Waals surface area contributed by atoms with Crippen LogP contribution in [-0.2, 0) is 6.42 Å². The largest absolute Gasteiger partial charge is 0.390 e. The van der Waals surface area contributed by atoms with E-state index in [2.05, 4.69) is 60.7 Å². The van der Waals surface area contributed by atoms with E-state index in [1.165, 1.54) is 29.5 Å². The molecule has 0 aliphatic rings. The molecule has 0 spiro atoms. The van der Waals surface area contributed by atoms with E-state index in [-0.39, 0.29) is 0 Å². The fourth-order valence-corrected chi connectivity index (χ4v) is 2.62. The van der Waals surface area contributed by atoms with Crippen LogP contribution in [0.1, 0.15) is 56.2 Å². The fraction of sp³-hybridized carbons (Fsp3) is 0.364. The van der Waals surface area contributed by atoms with Gasteiger partial charge in [0.25, 0.3) is 0 Å². The summed E-state index contributed by atoms with van der Waals surface area (Å²) in [5.41, 5.74) is 3.33. The van der Waals surface area contributed by atoms with Gasteiger partial charge < -0.3 is 5.11 Å². The van der Waals surface area contributed by atoms with Gasteiger partial charge in [-0.15, -0.1) is 0 Å². The van der Waals surface area contributed by atoms with E-state index in [1.807, 2.05) is 19.9 Å². The number of benzene rings is 2. The Labute approximate surface area is 140 Å². The quantitative estimate of drug-likeness (QED) is 0.487. The summed E-state index contributed by atoms with van der Waals surface area (Å²) in [5, 5.41) is 9.69. The Morgan fingerprint density at radius 2 is 1.39 bits per heavy atom. The first-order valence-corrected chi connectivity index (χ1v) is 8.57. The molecule has 1 nitrogen and oxygen atoms in total. The molecular weight excluding hydrogens is 280 g/mol. The predicted molar refractivity (Wildman–Crippen MR) is 100 cm³/mol. The lowest BCUT2D eigenvalue weighted by Crippen LogP contribution is -2.17. The highest BCUT2D eigenvalue weighted by Gasteiger charge is 2.10. The van der Waals surface area contributed by atoms with Gasteiger partial charge in [-0.2, -0.15) is 0 Å². The number of unbranched alkanes of at least 4 members (excludes halogenated alkanes) is 2. The average molecular weight is 308 g/mol. The monoisotopic (exact) mass is 308 g/mol. The molecule has 0 unspecified atom stereocenters. The Hall–Kier alpha value is -1.86. The summed E-state index contributed by atoms with van der Waals surface area (Å²) in [4.78, 5) is 0. The van der Waals surface area contributed by atoms with E-state index >= 15 is 0 Å². The van der Waals surface area contributed by atoms with Crippen molar-refractivity contribution in [2.45, 2.75) is 51.6 Å². The maximum atomic E-state index is 9.69. The first kappa shape index (κ1) is 17.5. The topological polar surface area (TPSA) is 20.2 Å². The normalized spacial score (nSPS) is 12.0. The SMILES string of the molecule is CC(C)(O)CCCCCc1ccc(C=Cc2ccccc2)cc1. The van der Waals surface area contributed by atoms with Crippen LogP contribution < -0.4 is 0 Å². The smallest absolute Gasteiger partial charge is 0.0591 e. The Kier molecular flexibility index (Phi) is 6.61. The molecule has 0 aliphatic carbocycles. The molecule has 0 bridgehead atoms. The van der Waals surface area contributed by atoms with Crippen LogP contribution in [0.15, 0.2) is 54.6 Å². The van der Waals surface area contributed by atoms with Crippen LogP contribution in [0.2, 0.25) is 0 Å². The van der Waals surface area contributed by atoms with Crippen LogP contribution in [0, 0.1) is 0 Å². The molecule has 23 heavy (non-hydrogen) atoms. The number of aryl methyl sites for hydroxylation is 1. The third kappa shape index (κ3) is 7.30. The van der Waals surface area contributed by atoms with Gasteiger partial charge in [0.2, 0.25) is 0 Å². The van der Waals surface area contributed by atoms with Crippen LogP contribution in [-0.4, -0.2) is 10.7 Å². The minimum atomic E-state index is -0.521. The maximum Gasteiger partial charge on any atom is 0.0591 e. The predicted octanol–water partition coefficient (Wildman–Crippen LogP) is 5.73.